The molecule has 0 aliphatic carbocycles. The Bertz CT molecular complexity index is 740. The van der Waals surface area contributed by atoms with Crippen molar-refractivity contribution in [1.82, 2.24) is 14.5 Å². The van der Waals surface area contributed by atoms with Gasteiger partial charge in [-0.25, -0.2) is 13.1 Å². The van der Waals surface area contributed by atoms with E-state index >= 15 is 0 Å². The van der Waals surface area contributed by atoms with Crippen molar-refractivity contribution in [2.24, 2.45) is 7.05 Å². The summed E-state index contributed by atoms with van der Waals surface area (Å²) in [5.74, 6) is 0. The van der Waals surface area contributed by atoms with Crippen LogP contribution in [0.1, 0.15) is 11.1 Å². The maximum atomic E-state index is 12.3. The van der Waals surface area contributed by atoms with Crippen LogP contribution >= 0.6 is 15.9 Å². The molecule has 2 aromatic rings. The number of benzene rings is 1. The Hall–Kier alpha value is -1.38. The molecule has 0 aliphatic rings. The van der Waals surface area contributed by atoms with Crippen LogP contribution in [-0.4, -0.2) is 18.2 Å². The molecule has 0 radical (unpaired) electrons. The first-order valence-corrected chi connectivity index (χ1v) is 8.10. The van der Waals surface area contributed by atoms with Crippen molar-refractivity contribution in [2.75, 3.05) is 5.73 Å². The Morgan fingerprint density at radius 3 is 2.75 bits per heavy atom. The number of halogens is 1. The summed E-state index contributed by atoms with van der Waals surface area (Å²) in [6.07, 6.45) is 3.37. The molecule has 0 aliphatic heterocycles. The Morgan fingerprint density at radius 2 is 2.15 bits per heavy atom. The fraction of sp³-hybridized carbons (Fsp3) is 0.250. The highest BCUT2D eigenvalue weighted by atomic mass is 79.9. The molecule has 1 aromatic carbocycles. The van der Waals surface area contributed by atoms with Crippen molar-refractivity contribution in [1.29, 1.82) is 0 Å². The third kappa shape index (κ3) is 3.20. The number of aromatic nitrogens is 2. The summed E-state index contributed by atoms with van der Waals surface area (Å²) in [5, 5.41) is 3.99. The Labute approximate surface area is 126 Å². The number of aryl methyl sites for hydroxylation is 1. The van der Waals surface area contributed by atoms with Gasteiger partial charge in [-0.15, -0.1) is 0 Å². The van der Waals surface area contributed by atoms with Gasteiger partial charge >= 0.3 is 0 Å². The summed E-state index contributed by atoms with van der Waals surface area (Å²) in [5.41, 5.74) is 7.55. The van der Waals surface area contributed by atoms with E-state index in [1.165, 1.54) is 6.07 Å². The molecule has 0 fully saturated rings. The normalized spacial score (nSPS) is 11.8. The van der Waals surface area contributed by atoms with Crippen LogP contribution in [0.5, 0.6) is 0 Å². The molecule has 0 bridgehead atoms. The minimum absolute atomic E-state index is 0.174. The maximum Gasteiger partial charge on any atom is 0.241 e. The van der Waals surface area contributed by atoms with Crippen LogP contribution < -0.4 is 10.5 Å². The van der Waals surface area contributed by atoms with E-state index < -0.39 is 10.0 Å². The van der Waals surface area contributed by atoms with Gasteiger partial charge in [0.2, 0.25) is 10.0 Å². The number of hydrogen-bond donors (Lipinski definition) is 2. The quantitative estimate of drug-likeness (QED) is 0.811. The number of nitrogens with zero attached hydrogens (tertiary/aromatic N) is 2. The van der Waals surface area contributed by atoms with Gasteiger partial charge in [0.25, 0.3) is 0 Å². The fourth-order valence-electron chi connectivity index (χ4n) is 1.77. The molecule has 108 valence electrons. The molecule has 0 unspecified atom stereocenters. The van der Waals surface area contributed by atoms with E-state index in [9.17, 15) is 8.42 Å². The number of hydrogen-bond acceptors (Lipinski definition) is 4. The zero-order valence-corrected chi connectivity index (χ0v) is 13.5. The van der Waals surface area contributed by atoms with Gasteiger partial charge in [0.05, 0.1) is 11.1 Å². The van der Waals surface area contributed by atoms with Gasteiger partial charge in [0.1, 0.15) is 0 Å². The second-order valence-corrected chi connectivity index (χ2v) is 7.12. The van der Waals surface area contributed by atoms with Crippen molar-refractivity contribution < 1.29 is 8.42 Å². The average Bonchev–Trinajstić information content (AvgIpc) is 2.77. The highest BCUT2D eigenvalue weighted by Crippen LogP contribution is 2.26. The standard InChI is InChI=1S/C12H15BrN4O2S/c1-8-11(14)3-10(13)4-12(8)20(18,19)16-6-9-5-15-17(2)7-9/h3-5,7,16H,6,14H2,1-2H3. The fourth-order valence-corrected chi connectivity index (χ4v) is 3.71. The number of nitrogens with one attached hydrogen (secondary N) is 1. The molecule has 0 saturated carbocycles. The van der Waals surface area contributed by atoms with Crippen LogP contribution in [0.15, 0.2) is 33.9 Å². The van der Waals surface area contributed by atoms with Crippen LogP contribution in [0.3, 0.4) is 0 Å². The zero-order valence-electron chi connectivity index (χ0n) is 11.1. The zero-order chi connectivity index (χ0) is 14.9. The van der Waals surface area contributed by atoms with Crippen LogP contribution in [0.4, 0.5) is 5.69 Å². The van der Waals surface area contributed by atoms with E-state index in [4.69, 9.17) is 5.73 Å². The number of rotatable bonds is 4. The van der Waals surface area contributed by atoms with Gasteiger partial charge in [0, 0.05) is 35.5 Å². The summed E-state index contributed by atoms with van der Waals surface area (Å²) in [6, 6.07) is 3.22. The van der Waals surface area contributed by atoms with Gasteiger partial charge in [-0.05, 0) is 24.6 Å². The van der Waals surface area contributed by atoms with E-state index in [-0.39, 0.29) is 11.4 Å². The lowest BCUT2D eigenvalue weighted by Gasteiger charge is -2.11. The Morgan fingerprint density at radius 1 is 1.45 bits per heavy atom. The monoisotopic (exact) mass is 358 g/mol. The first-order valence-electron chi connectivity index (χ1n) is 5.82. The van der Waals surface area contributed by atoms with Crippen LogP contribution in [0.2, 0.25) is 0 Å². The van der Waals surface area contributed by atoms with Gasteiger partial charge < -0.3 is 5.73 Å². The van der Waals surface area contributed by atoms with Gasteiger partial charge in [-0.1, -0.05) is 15.9 Å². The molecule has 8 heteroatoms. The third-order valence-electron chi connectivity index (χ3n) is 2.88. The molecule has 6 nitrogen and oxygen atoms in total. The summed E-state index contributed by atoms with van der Waals surface area (Å²) in [6.45, 7) is 1.86. The summed E-state index contributed by atoms with van der Waals surface area (Å²) < 4.78 is 29.4. The second kappa shape index (κ2) is 5.55. The number of anilines is 1. The molecule has 0 spiro atoms. The van der Waals surface area contributed by atoms with E-state index in [0.717, 1.165) is 5.56 Å². The molecular formula is C12H15BrN4O2S. The number of sulfonamides is 1. The Kier molecular flexibility index (Phi) is 4.17. The molecule has 1 heterocycles. The lowest BCUT2D eigenvalue weighted by atomic mass is 10.2. The van der Waals surface area contributed by atoms with Gasteiger partial charge in [0.15, 0.2) is 0 Å². The molecule has 3 N–H and O–H groups in total. The SMILES string of the molecule is Cc1c(N)cc(Br)cc1S(=O)(=O)NCc1cnn(C)c1. The van der Waals surface area contributed by atoms with E-state index in [1.54, 1.807) is 37.1 Å². The summed E-state index contributed by atoms with van der Waals surface area (Å²) in [7, 11) is -1.85. The molecule has 20 heavy (non-hydrogen) atoms. The number of nitrogens with two attached hydrogens (primary N) is 1. The van der Waals surface area contributed by atoms with Crippen LogP contribution in [-0.2, 0) is 23.6 Å². The molecule has 0 saturated heterocycles. The lowest BCUT2D eigenvalue weighted by molar-refractivity contribution is 0.580. The average molecular weight is 359 g/mol. The van der Waals surface area contributed by atoms with E-state index in [2.05, 4.69) is 25.8 Å². The predicted octanol–water partition coefficient (Wildman–Crippen LogP) is 1.55. The Balaban J connectivity index is 2.27. The predicted molar refractivity (Wildman–Crippen MR) is 80.5 cm³/mol. The number of nitrogen functional groups attached to an aromatic ring is 1. The first-order chi connectivity index (χ1) is 9.29. The van der Waals surface area contributed by atoms with Crippen molar-refractivity contribution >= 4 is 31.6 Å². The lowest BCUT2D eigenvalue weighted by Crippen LogP contribution is -2.24. The van der Waals surface area contributed by atoms with Crippen molar-refractivity contribution in [3.05, 3.63) is 40.1 Å². The van der Waals surface area contributed by atoms with Gasteiger partial charge in [-0.3, -0.25) is 4.68 Å². The minimum Gasteiger partial charge on any atom is -0.398 e. The van der Waals surface area contributed by atoms with Crippen molar-refractivity contribution in [2.45, 2.75) is 18.4 Å². The first kappa shape index (κ1) is 15.0. The molecular weight excluding hydrogens is 344 g/mol. The van der Waals surface area contributed by atoms with Crippen molar-refractivity contribution in [3.8, 4) is 0 Å². The topological polar surface area (TPSA) is 90.0 Å². The smallest absolute Gasteiger partial charge is 0.241 e. The van der Waals surface area contributed by atoms with Crippen LogP contribution in [0.25, 0.3) is 0 Å². The molecule has 0 amide bonds. The van der Waals surface area contributed by atoms with E-state index in [1.807, 2.05) is 0 Å². The molecule has 0 atom stereocenters. The summed E-state index contributed by atoms with van der Waals surface area (Å²) >= 11 is 3.25. The largest absolute Gasteiger partial charge is 0.398 e. The van der Waals surface area contributed by atoms with Gasteiger partial charge in [-0.2, -0.15) is 5.10 Å². The highest BCUT2D eigenvalue weighted by molar-refractivity contribution is 9.10. The molecule has 2 rings (SSSR count). The van der Waals surface area contributed by atoms with Crippen molar-refractivity contribution in [3.63, 3.8) is 0 Å². The van der Waals surface area contributed by atoms with Crippen LogP contribution in [0, 0.1) is 6.92 Å². The second-order valence-electron chi connectivity index (χ2n) is 4.46. The van der Waals surface area contributed by atoms with E-state index in [0.29, 0.717) is 15.7 Å². The highest BCUT2D eigenvalue weighted by Gasteiger charge is 2.19. The summed E-state index contributed by atoms with van der Waals surface area (Å²) in [4.78, 5) is 0.174. The maximum absolute atomic E-state index is 12.3. The molecule has 1 aromatic heterocycles. The third-order valence-corrected chi connectivity index (χ3v) is 4.86. The minimum atomic E-state index is -3.62.